The molecular formula is C6H5F2IN2O2S. The van der Waals surface area contributed by atoms with Gasteiger partial charge in [-0.25, -0.2) is 27.3 Å². The summed E-state index contributed by atoms with van der Waals surface area (Å²) < 4.78 is 46.0. The van der Waals surface area contributed by atoms with Crippen LogP contribution in [0.4, 0.5) is 8.78 Å². The monoisotopic (exact) mass is 334 g/mol. The number of pyridine rings is 1. The summed E-state index contributed by atoms with van der Waals surface area (Å²) in [7, 11) is -3.93. The number of nitrogens with zero attached hydrogens (tertiary/aromatic N) is 1. The molecule has 8 heteroatoms. The van der Waals surface area contributed by atoms with Gasteiger partial charge in [0.2, 0.25) is 0 Å². The van der Waals surface area contributed by atoms with E-state index >= 15 is 0 Å². The van der Waals surface area contributed by atoms with Crippen LogP contribution in [0.3, 0.4) is 0 Å². The van der Waals surface area contributed by atoms with Gasteiger partial charge in [-0.3, -0.25) is 0 Å². The van der Waals surface area contributed by atoms with E-state index in [4.69, 9.17) is 5.14 Å². The molecule has 0 atom stereocenters. The number of primary sulfonamides is 1. The molecule has 0 aliphatic heterocycles. The number of halogens is 3. The molecule has 0 radical (unpaired) electrons. The van der Waals surface area contributed by atoms with Gasteiger partial charge in [0.25, 0.3) is 16.4 Å². The minimum atomic E-state index is -3.93. The lowest BCUT2D eigenvalue weighted by atomic mass is 10.3. The van der Waals surface area contributed by atoms with E-state index in [1.165, 1.54) is 22.6 Å². The van der Waals surface area contributed by atoms with E-state index < -0.39 is 21.5 Å². The van der Waals surface area contributed by atoms with Crippen molar-refractivity contribution < 1.29 is 17.2 Å². The molecule has 0 aromatic carbocycles. The Labute approximate surface area is 92.7 Å². The number of rotatable bonds is 2. The molecule has 1 rings (SSSR count). The normalized spacial score (nSPS) is 12.1. The number of alkyl halides is 2. The lowest BCUT2D eigenvalue weighted by Gasteiger charge is -2.03. The van der Waals surface area contributed by atoms with Gasteiger partial charge in [-0.15, -0.1) is 0 Å². The van der Waals surface area contributed by atoms with Crippen molar-refractivity contribution in [3.8, 4) is 0 Å². The Bertz CT molecular complexity index is 449. The minimum Gasteiger partial charge on any atom is -0.228 e. The Morgan fingerprint density at radius 1 is 1.43 bits per heavy atom. The first-order valence-corrected chi connectivity index (χ1v) is 5.92. The largest absolute Gasteiger partial charge is 0.266 e. The summed E-state index contributed by atoms with van der Waals surface area (Å²) in [6.45, 7) is 0. The van der Waals surface area contributed by atoms with Crippen molar-refractivity contribution >= 4 is 32.6 Å². The second-order valence-electron chi connectivity index (χ2n) is 2.38. The van der Waals surface area contributed by atoms with Crippen LogP contribution in [0.2, 0.25) is 0 Å². The molecule has 14 heavy (non-hydrogen) atoms. The average Bonchev–Trinajstić information content (AvgIpc) is 2.01. The lowest BCUT2D eigenvalue weighted by Crippen LogP contribution is -2.14. The lowest BCUT2D eigenvalue weighted by molar-refractivity contribution is 0.149. The molecule has 1 aromatic rings. The summed E-state index contributed by atoms with van der Waals surface area (Å²) in [6.07, 6.45) is -2.68. The molecule has 0 saturated carbocycles. The van der Waals surface area contributed by atoms with Gasteiger partial charge in [0.1, 0.15) is 3.70 Å². The van der Waals surface area contributed by atoms with Gasteiger partial charge >= 0.3 is 0 Å². The molecule has 2 N–H and O–H groups in total. The van der Waals surface area contributed by atoms with Crippen molar-refractivity contribution in [1.29, 1.82) is 0 Å². The number of hydrogen-bond donors (Lipinski definition) is 1. The van der Waals surface area contributed by atoms with Gasteiger partial charge in [-0.05, 0) is 34.7 Å². The van der Waals surface area contributed by atoms with Crippen LogP contribution in [0.1, 0.15) is 12.0 Å². The van der Waals surface area contributed by atoms with Crippen LogP contribution in [0.25, 0.3) is 0 Å². The van der Waals surface area contributed by atoms with Crippen LogP contribution < -0.4 is 5.14 Å². The Balaban J connectivity index is 3.27. The predicted octanol–water partition coefficient (Wildman–Crippen LogP) is 1.27. The van der Waals surface area contributed by atoms with Gasteiger partial charge in [-0.1, -0.05) is 0 Å². The van der Waals surface area contributed by atoms with Crippen molar-refractivity contribution in [2.75, 3.05) is 0 Å². The molecular weight excluding hydrogens is 329 g/mol. The zero-order valence-electron chi connectivity index (χ0n) is 6.62. The highest BCUT2D eigenvalue weighted by Gasteiger charge is 2.16. The minimum absolute atomic E-state index is 0.0656. The highest BCUT2D eigenvalue weighted by Crippen LogP contribution is 2.23. The maximum Gasteiger partial charge on any atom is 0.266 e. The zero-order valence-corrected chi connectivity index (χ0v) is 9.59. The maximum atomic E-state index is 12.2. The van der Waals surface area contributed by atoms with Crippen molar-refractivity contribution in [3.05, 3.63) is 21.4 Å². The maximum absolute atomic E-state index is 12.2. The van der Waals surface area contributed by atoms with Crippen molar-refractivity contribution in [3.63, 3.8) is 0 Å². The molecule has 0 unspecified atom stereocenters. The fourth-order valence-corrected chi connectivity index (χ4v) is 2.06. The average molecular weight is 334 g/mol. The van der Waals surface area contributed by atoms with Gasteiger partial charge < -0.3 is 0 Å². The van der Waals surface area contributed by atoms with Gasteiger partial charge in [-0.2, -0.15) is 0 Å². The van der Waals surface area contributed by atoms with Crippen molar-refractivity contribution in [2.24, 2.45) is 5.14 Å². The fraction of sp³-hybridized carbons (Fsp3) is 0.167. The molecule has 0 fully saturated rings. The van der Waals surface area contributed by atoms with Crippen LogP contribution in [0.5, 0.6) is 0 Å². The second kappa shape index (κ2) is 4.03. The molecule has 0 spiro atoms. The number of aromatic nitrogens is 1. The Morgan fingerprint density at radius 2 is 2.00 bits per heavy atom. The Kier molecular flexibility index (Phi) is 3.37. The van der Waals surface area contributed by atoms with Gasteiger partial charge in [0, 0.05) is 5.56 Å². The third-order valence-electron chi connectivity index (χ3n) is 1.38. The molecule has 0 amide bonds. The van der Waals surface area contributed by atoms with Crippen LogP contribution in [0.15, 0.2) is 17.2 Å². The topological polar surface area (TPSA) is 73.1 Å². The Morgan fingerprint density at radius 3 is 2.36 bits per heavy atom. The summed E-state index contributed by atoms with van der Waals surface area (Å²) in [4.78, 5) is 3.46. The first-order chi connectivity index (χ1) is 6.32. The summed E-state index contributed by atoms with van der Waals surface area (Å²) in [5.41, 5.74) is -0.307. The van der Waals surface area contributed by atoms with Crippen molar-refractivity contribution in [2.45, 2.75) is 11.5 Å². The number of hydrogen-bond acceptors (Lipinski definition) is 3. The first kappa shape index (κ1) is 11.7. The molecule has 1 aromatic heterocycles. The molecule has 0 aliphatic carbocycles. The first-order valence-electron chi connectivity index (χ1n) is 3.30. The Hall–Kier alpha value is -0.350. The van der Waals surface area contributed by atoms with Crippen LogP contribution in [-0.2, 0) is 10.0 Å². The van der Waals surface area contributed by atoms with Gasteiger partial charge in [0.15, 0.2) is 5.03 Å². The van der Waals surface area contributed by atoms with Crippen LogP contribution in [0, 0.1) is 3.70 Å². The van der Waals surface area contributed by atoms with E-state index in [1.54, 1.807) is 0 Å². The van der Waals surface area contributed by atoms with E-state index in [0.29, 0.717) is 0 Å². The summed E-state index contributed by atoms with van der Waals surface area (Å²) in [5.74, 6) is 0. The smallest absolute Gasteiger partial charge is 0.228 e. The third kappa shape index (κ3) is 2.58. The number of nitrogens with two attached hydrogens (primary N) is 1. The molecule has 4 nitrogen and oxygen atoms in total. The van der Waals surface area contributed by atoms with Crippen LogP contribution >= 0.6 is 22.6 Å². The van der Waals surface area contributed by atoms with E-state index in [-0.39, 0.29) is 9.26 Å². The zero-order chi connectivity index (χ0) is 10.9. The highest BCUT2D eigenvalue weighted by atomic mass is 127. The van der Waals surface area contributed by atoms with E-state index in [2.05, 4.69) is 4.98 Å². The molecule has 78 valence electrons. The van der Waals surface area contributed by atoms with Crippen molar-refractivity contribution in [1.82, 2.24) is 4.98 Å². The third-order valence-corrected chi connectivity index (χ3v) is 3.05. The predicted molar refractivity (Wildman–Crippen MR) is 53.3 cm³/mol. The quantitative estimate of drug-likeness (QED) is 0.654. The number of sulfonamides is 1. The second-order valence-corrected chi connectivity index (χ2v) is 4.91. The molecule has 0 saturated heterocycles. The van der Waals surface area contributed by atoms with Gasteiger partial charge in [0.05, 0.1) is 0 Å². The standard InChI is InChI=1S/C6H5F2IN2O2S/c7-5(8)3-1-2-4(11-6(3)9)14(10,12)13/h1-2,5H,(H2,10,12,13). The molecule has 1 heterocycles. The van der Waals surface area contributed by atoms with Crippen LogP contribution in [-0.4, -0.2) is 13.4 Å². The SMILES string of the molecule is NS(=O)(=O)c1ccc(C(F)F)c(I)n1. The van der Waals surface area contributed by atoms with E-state index in [9.17, 15) is 17.2 Å². The summed E-state index contributed by atoms with van der Waals surface area (Å²) >= 11 is 1.53. The van der Waals surface area contributed by atoms with E-state index in [1.807, 2.05) is 0 Å². The fourth-order valence-electron chi connectivity index (χ4n) is 0.750. The molecule has 0 aliphatic rings. The van der Waals surface area contributed by atoms with E-state index in [0.717, 1.165) is 12.1 Å². The highest BCUT2D eigenvalue weighted by molar-refractivity contribution is 14.1. The summed E-state index contributed by atoms with van der Waals surface area (Å²) in [6, 6.07) is 1.96. The molecule has 0 bridgehead atoms. The summed E-state index contributed by atoms with van der Waals surface area (Å²) in [5, 5.41) is 4.36.